The van der Waals surface area contributed by atoms with E-state index in [0.29, 0.717) is 12.6 Å². The smallest absolute Gasteiger partial charge is 0.317 e. The molecule has 2 rings (SSSR count). The molecule has 0 atom stereocenters. The van der Waals surface area contributed by atoms with E-state index in [0.717, 1.165) is 31.5 Å². The van der Waals surface area contributed by atoms with Crippen LogP contribution < -0.4 is 0 Å². The number of carbonyl (C=O) groups is 1. The maximum atomic E-state index is 13.6. The van der Waals surface area contributed by atoms with Gasteiger partial charge in [0.2, 0.25) is 0 Å². The van der Waals surface area contributed by atoms with Gasteiger partial charge in [0.05, 0.1) is 6.54 Å². The fourth-order valence-corrected chi connectivity index (χ4v) is 2.73. The molecule has 1 N–H and O–H groups in total. The molecule has 5 heteroatoms. The Morgan fingerprint density at radius 3 is 2.65 bits per heavy atom. The zero-order valence-electron chi connectivity index (χ0n) is 11.8. The van der Waals surface area contributed by atoms with Crippen LogP contribution in [0.25, 0.3) is 0 Å². The molecule has 0 amide bonds. The Bertz CT molecular complexity index is 459. The summed E-state index contributed by atoms with van der Waals surface area (Å²) in [5, 5.41) is 8.80. The molecule has 1 heterocycles. The van der Waals surface area contributed by atoms with Gasteiger partial charge in [-0.15, -0.1) is 0 Å². The van der Waals surface area contributed by atoms with Crippen LogP contribution in [-0.4, -0.2) is 53.6 Å². The molecule has 1 saturated heterocycles. The van der Waals surface area contributed by atoms with Crippen molar-refractivity contribution in [1.29, 1.82) is 0 Å². The van der Waals surface area contributed by atoms with E-state index in [1.807, 2.05) is 24.1 Å². The summed E-state index contributed by atoms with van der Waals surface area (Å²) >= 11 is 0. The monoisotopic (exact) mass is 280 g/mol. The Hall–Kier alpha value is -1.46. The van der Waals surface area contributed by atoms with Gasteiger partial charge in [0, 0.05) is 18.2 Å². The second-order valence-electron chi connectivity index (χ2n) is 5.41. The number of hydrogen-bond donors (Lipinski definition) is 1. The molecule has 1 aliphatic rings. The van der Waals surface area contributed by atoms with Crippen molar-refractivity contribution >= 4 is 5.97 Å². The number of likely N-dealkylation sites (tertiary alicyclic amines) is 1. The van der Waals surface area contributed by atoms with Crippen molar-refractivity contribution in [1.82, 2.24) is 9.80 Å². The minimum Gasteiger partial charge on any atom is -0.480 e. The Morgan fingerprint density at radius 2 is 2.05 bits per heavy atom. The quantitative estimate of drug-likeness (QED) is 0.893. The molecule has 0 radical (unpaired) electrons. The maximum Gasteiger partial charge on any atom is 0.317 e. The first-order chi connectivity index (χ1) is 9.56. The van der Waals surface area contributed by atoms with E-state index in [1.54, 1.807) is 6.07 Å². The lowest BCUT2D eigenvalue weighted by atomic mass is 10.0. The largest absolute Gasteiger partial charge is 0.480 e. The summed E-state index contributed by atoms with van der Waals surface area (Å²) in [7, 11) is 1.85. The summed E-state index contributed by atoms with van der Waals surface area (Å²) in [6.45, 7) is 2.46. The topological polar surface area (TPSA) is 43.8 Å². The molecule has 1 aliphatic heterocycles. The van der Waals surface area contributed by atoms with Gasteiger partial charge in [0.25, 0.3) is 0 Å². The van der Waals surface area contributed by atoms with Gasteiger partial charge in [-0.3, -0.25) is 14.6 Å². The fraction of sp³-hybridized carbons (Fsp3) is 0.533. The standard InChI is InChI=1S/C15H21FN2O2/c1-17(11-15(19)20)13-6-8-18(9-7-13)10-12-4-2-3-5-14(12)16/h2-5,13H,6-11H2,1H3,(H,19,20). The molecule has 1 aromatic rings. The number of piperidine rings is 1. The van der Waals surface area contributed by atoms with Gasteiger partial charge in [-0.05, 0) is 39.0 Å². The van der Waals surface area contributed by atoms with Gasteiger partial charge in [0.1, 0.15) is 5.82 Å². The van der Waals surface area contributed by atoms with Crippen LogP contribution in [0.15, 0.2) is 24.3 Å². The molecule has 1 aromatic carbocycles. The molecular formula is C15H21FN2O2. The molecule has 1 fully saturated rings. The second kappa shape index (κ2) is 6.81. The van der Waals surface area contributed by atoms with Crippen molar-refractivity contribution in [2.24, 2.45) is 0 Å². The predicted octanol–water partition coefficient (Wildman–Crippen LogP) is 1.81. The molecule has 0 unspecified atom stereocenters. The molecule has 4 nitrogen and oxygen atoms in total. The predicted molar refractivity (Wildman–Crippen MR) is 75.0 cm³/mol. The highest BCUT2D eigenvalue weighted by molar-refractivity contribution is 5.69. The van der Waals surface area contributed by atoms with Crippen LogP contribution >= 0.6 is 0 Å². The number of halogens is 1. The summed E-state index contributed by atoms with van der Waals surface area (Å²) in [6.07, 6.45) is 1.86. The van der Waals surface area contributed by atoms with Gasteiger partial charge in [-0.25, -0.2) is 4.39 Å². The summed E-state index contributed by atoms with van der Waals surface area (Å²) in [5.41, 5.74) is 0.727. The number of carboxylic acids is 1. The minimum absolute atomic E-state index is 0.0813. The summed E-state index contributed by atoms with van der Waals surface area (Å²) < 4.78 is 13.6. The van der Waals surface area contributed by atoms with Crippen LogP contribution in [0, 0.1) is 5.82 Å². The number of nitrogens with zero attached hydrogens (tertiary/aromatic N) is 2. The SMILES string of the molecule is CN(CC(=O)O)C1CCN(Cc2ccccc2F)CC1. The third-order valence-corrected chi connectivity index (χ3v) is 3.92. The van der Waals surface area contributed by atoms with E-state index < -0.39 is 5.97 Å². The van der Waals surface area contributed by atoms with E-state index in [9.17, 15) is 9.18 Å². The molecule has 0 aliphatic carbocycles. The van der Waals surface area contributed by atoms with E-state index in [-0.39, 0.29) is 12.4 Å². The normalized spacial score (nSPS) is 17.6. The number of likely N-dealkylation sites (N-methyl/N-ethyl adjacent to an activating group) is 1. The number of benzene rings is 1. The maximum absolute atomic E-state index is 13.6. The highest BCUT2D eigenvalue weighted by Gasteiger charge is 2.23. The number of aliphatic carboxylic acids is 1. The van der Waals surface area contributed by atoms with Crippen LogP contribution in [0.1, 0.15) is 18.4 Å². The molecular weight excluding hydrogens is 259 g/mol. The lowest BCUT2D eigenvalue weighted by Crippen LogP contribution is -2.44. The molecule has 0 saturated carbocycles. The van der Waals surface area contributed by atoms with Gasteiger partial charge in [-0.1, -0.05) is 18.2 Å². The first-order valence-corrected chi connectivity index (χ1v) is 6.94. The van der Waals surface area contributed by atoms with Gasteiger partial charge >= 0.3 is 5.97 Å². The van der Waals surface area contributed by atoms with E-state index >= 15 is 0 Å². The van der Waals surface area contributed by atoms with E-state index in [4.69, 9.17) is 5.11 Å². The Morgan fingerprint density at radius 1 is 1.40 bits per heavy atom. The second-order valence-corrected chi connectivity index (χ2v) is 5.41. The average Bonchev–Trinajstić information content (AvgIpc) is 2.41. The van der Waals surface area contributed by atoms with Crippen LogP contribution in [0.2, 0.25) is 0 Å². The van der Waals surface area contributed by atoms with Crippen molar-refractivity contribution < 1.29 is 14.3 Å². The molecule has 0 aromatic heterocycles. The zero-order chi connectivity index (χ0) is 14.5. The minimum atomic E-state index is -0.790. The van der Waals surface area contributed by atoms with Crippen molar-refractivity contribution in [2.75, 3.05) is 26.7 Å². The van der Waals surface area contributed by atoms with Crippen molar-refractivity contribution in [3.63, 3.8) is 0 Å². The number of hydrogen-bond acceptors (Lipinski definition) is 3. The lowest BCUT2D eigenvalue weighted by molar-refractivity contribution is -0.138. The Balaban J connectivity index is 1.83. The van der Waals surface area contributed by atoms with Crippen LogP contribution in [0.5, 0.6) is 0 Å². The third kappa shape index (κ3) is 4.02. The highest BCUT2D eigenvalue weighted by Crippen LogP contribution is 2.18. The highest BCUT2D eigenvalue weighted by atomic mass is 19.1. The number of rotatable bonds is 5. The van der Waals surface area contributed by atoms with Gasteiger partial charge in [0.15, 0.2) is 0 Å². The molecule has 0 spiro atoms. The van der Waals surface area contributed by atoms with Crippen molar-refractivity contribution in [3.05, 3.63) is 35.6 Å². The number of carboxylic acid groups (broad SMARTS) is 1. The average molecular weight is 280 g/mol. The molecule has 110 valence electrons. The summed E-state index contributed by atoms with van der Waals surface area (Å²) in [6, 6.07) is 7.17. The van der Waals surface area contributed by atoms with Gasteiger partial charge in [-0.2, -0.15) is 0 Å². The Kier molecular flexibility index (Phi) is 5.09. The van der Waals surface area contributed by atoms with Crippen molar-refractivity contribution in [2.45, 2.75) is 25.4 Å². The van der Waals surface area contributed by atoms with Crippen LogP contribution in [-0.2, 0) is 11.3 Å². The lowest BCUT2D eigenvalue weighted by Gasteiger charge is -2.36. The fourth-order valence-electron chi connectivity index (χ4n) is 2.73. The summed E-state index contributed by atoms with van der Waals surface area (Å²) in [5.74, 6) is -0.945. The zero-order valence-corrected chi connectivity index (χ0v) is 11.8. The van der Waals surface area contributed by atoms with E-state index in [2.05, 4.69) is 4.90 Å². The molecule has 20 heavy (non-hydrogen) atoms. The van der Waals surface area contributed by atoms with Crippen LogP contribution in [0.4, 0.5) is 4.39 Å². The van der Waals surface area contributed by atoms with Crippen molar-refractivity contribution in [3.8, 4) is 0 Å². The first kappa shape index (κ1) is 14.9. The first-order valence-electron chi connectivity index (χ1n) is 6.94. The molecule has 0 bridgehead atoms. The van der Waals surface area contributed by atoms with E-state index in [1.165, 1.54) is 6.07 Å². The van der Waals surface area contributed by atoms with Crippen LogP contribution in [0.3, 0.4) is 0 Å². The Labute approximate surface area is 118 Å². The summed E-state index contributed by atoms with van der Waals surface area (Å²) in [4.78, 5) is 14.8. The third-order valence-electron chi connectivity index (χ3n) is 3.92. The van der Waals surface area contributed by atoms with Gasteiger partial charge < -0.3 is 5.11 Å².